The maximum absolute atomic E-state index is 12.5. The zero-order chi connectivity index (χ0) is 23.7. The lowest BCUT2D eigenvalue weighted by molar-refractivity contribution is 0.158. The zero-order valence-corrected chi connectivity index (χ0v) is 21.7. The van der Waals surface area contributed by atoms with Crippen LogP contribution in [-0.4, -0.2) is 30.1 Å². The Morgan fingerprint density at radius 3 is 2.69 bits per heavy atom. The maximum atomic E-state index is 12.5. The number of aliphatic hydroxyl groups excluding tert-OH is 1. The molecule has 4 atom stereocenters. The third kappa shape index (κ3) is 5.33. The van der Waals surface area contributed by atoms with Gasteiger partial charge in [-0.2, -0.15) is 0 Å². The van der Waals surface area contributed by atoms with Crippen LogP contribution in [0.5, 0.6) is 0 Å². The van der Waals surface area contributed by atoms with Crippen molar-refractivity contribution in [1.82, 2.24) is 0 Å². The van der Waals surface area contributed by atoms with E-state index >= 15 is 0 Å². The molecule has 3 aliphatic rings. The molecule has 2 fully saturated rings. The van der Waals surface area contributed by atoms with Crippen LogP contribution in [0.2, 0.25) is 0 Å². The van der Waals surface area contributed by atoms with Crippen LogP contribution in [0.3, 0.4) is 0 Å². The lowest BCUT2D eigenvalue weighted by Gasteiger charge is -2.42. The topological polar surface area (TPSA) is 54.4 Å². The van der Waals surface area contributed by atoms with E-state index in [1.165, 1.54) is 29.6 Å². The highest BCUT2D eigenvalue weighted by Crippen LogP contribution is 2.57. The number of allylic oxidation sites excluding steroid dienone is 6. The summed E-state index contributed by atoms with van der Waals surface area (Å²) in [6.07, 6.45) is 15.6. The molecule has 0 unspecified atom stereocenters. The van der Waals surface area contributed by atoms with E-state index in [0.717, 1.165) is 44.9 Å². The van der Waals surface area contributed by atoms with E-state index in [1.54, 1.807) is 26.3 Å². The zero-order valence-electron chi connectivity index (χ0n) is 20.9. The average molecular weight is 461 g/mol. The van der Waals surface area contributed by atoms with Crippen LogP contribution in [0.15, 0.2) is 47.1 Å². The summed E-state index contributed by atoms with van der Waals surface area (Å²) in [7, 11) is -3.05. The minimum absolute atomic E-state index is 0.188. The fraction of sp³-hybridized carbons (Fsp3) is 0.714. The van der Waals surface area contributed by atoms with Gasteiger partial charge in [-0.15, -0.1) is 0 Å². The van der Waals surface area contributed by atoms with Crippen molar-refractivity contribution in [3.8, 4) is 0 Å². The van der Waals surface area contributed by atoms with Crippen LogP contribution in [0.1, 0.15) is 92.4 Å². The van der Waals surface area contributed by atoms with Gasteiger partial charge in [0.1, 0.15) is 0 Å². The van der Waals surface area contributed by atoms with E-state index in [9.17, 15) is 13.5 Å². The molecule has 0 amide bonds. The van der Waals surface area contributed by atoms with Crippen LogP contribution in [0.4, 0.5) is 0 Å². The quantitative estimate of drug-likeness (QED) is 0.448. The molecule has 3 rings (SSSR count). The Hall–Kier alpha value is -1.13. The van der Waals surface area contributed by atoms with E-state index in [2.05, 4.69) is 38.7 Å². The van der Waals surface area contributed by atoms with Gasteiger partial charge in [0, 0.05) is 0 Å². The first-order valence-corrected chi connectivity index (χ1v) is 14.2. The molecule has 0 bridgehead atoms. The highest BCUT2D eigenvalue weighted by atomic mass is 32.2. The highest BCUT2D eigenvalue weighted by Gasteiger charge is 2.45. The van der Waals surface area contributed by atoms with Gasteiger partial charge in [-0.05, 0) is 101 Å². The molecule has 4 heteroatoms. The second-order valence-electron chi connectivity index (χ2n) is 11.6. The molecule has 32 heavy (non-hydrogen) atoms. The SMILES string of the molecule is C=C1CC[C@H](O)C/C1=C/C=C1\CCC[C@]2(C)C([C@H](C)CCCS(=O)(=O)C(C)(C)C)=CC[C@@H]12. The van der Waals surface area contributed by atoms with E-state index in [4.69, 9.17) is 0 Å². The van der Waals surface area contributed by atoms with Crippen molar-refractivity contribution in [3.63, 3.8) is 0 Å². The summed E-state index contributed by atoms with van der Waals surface area (Å²) in [5.41, 5.74) is 5.66. The minimum atomic E-state index is -3.05. The fourth-order valence-corrected chi connectivity index (χ4v) is 7.21. The Bertz CT molecular complexity index is 913. The second kappa shape index (κ2) is 9.62. The van der Waals surface area contributed by atoms with Gasteiger partial charge < -0.3 is 5.11 Å². The minimum Gasteiger partial charge on any atom is -0.393 e. The number of fused-ring (bicyclic) bond motifs is 1. The Kier molecular flexibility index (Phi) is 7.66. The van der Waals surface area contributed by atoms with Gasteiger partial charge in [-0.1, -0.05) is 55.4 Å². The smallest absolute Gasteiger partial charge is 0.155 e. The molecular formula is C28H44O3S. The Morgan fingerprint density at radius 2 is 2.00 bits per heavy atom. The second-order valence-corrected chi connectivity index (χ2v) is 14.5. The largest absolute Gasteiger partial charge is 0.393 e. The van der Waals surface area contributed by atoms with Crippen molar-refractivity contribution >= 4 is 9.84 Å². The van der Waals surface area contributed by atoms with Gasteiger partial charge in [-0.3, -0.25) is 0 Å². The summed E-state index contributed by atoms with van der Waals surface area (Å²) in [4.78, 5) is 0. The van der Waals surface area contributed by atoms with E-state index < -0.39 is 14.6 Å². The van der Waals surface area contributed by atoms with E-state index in [1.807, 2.05) is 0 Å². The molecule has 0 radical (unpaired) electrons. The number of hydrogen-bond donors (Lipinski definition) is 1. The number of sulfone groups is 1. The standard InChI is InChI=1S/C28H44O3S/c1-20-11-14-24(29)19-23(20)13-12-22-10-7-17-28(6)25(15-16-26(22)28)21(2)9-8-18-32(30,31)27(3,4)5/h12-13,15,21,24,26,29H,1,7-11,14,16-19H2,2-6H3/b22-12+,23-13-/t21-,24+,26+,28-/m1/s1. The van der Waals surface area contributed by atoms with Gasteiger partial charge in [-0.25, -0.2) is 8.42 Å². The van der Waals surface area contributed by atoms with Crippen molar-refractivity contribution < 1.29 is 13.5 Å². The molecule has 0 aromatic carbocycles. The first kappa shape index (κ1) is 25.5. The molecule has 0 aromatic heterocycles. The van der Waals surface area contributed by atoms with Crippen LogP contribution >= 0.6 is 0 Å². The molecule has 3 nitrogen and oxygen atoms in total. The monoisotopic (exact) mass is 460 g/mol. The lowest BCUT2D eigenvalue weighted by Crippen LogP contribution is -2.33. The van der Waals surface area contributed by atoms with E-state index in [0.29, 0.717) is 11.8 Å². The van der Waals surface area contributed by atoms with Crippen molar-refractivity contribution in [2.24, 2.45) is 17.3 Å². The van der Waals surface area contributed by atoms with Gasteiger partial charge in [0.2, 0.25) is 0 Å². The summed E-state index contributed by atoms with van der Waals surface area (Å²) < 4.78 is 24.3. The number of hydrogen-bond acceptors (Lipinski definition) is 3. The summed E-state index contributed by atoms with van der Waals surface area (Å²) in [5, 5.41) is 10.0. The molecule has 0 aliphatic heterocycles. The predicted molar refractivity (Wildman–Crippen MR) is 135 cm³/mol. The molecular weight excluding hydrogens is 416 g/mol. The molecule has 0 aromatic rings. The van der Waals surface area contributed by atoms with Crippen molar-refractivity contribution in [2.45, 2.75) is 103 Å². The molecule has 0 spiro atoms. The highest BCUT2D eigenvalue weighted by molar-refractivity contribution is 7.92. The molecule has 3 aliphatic carbocycles. The van der Waals surface area contributed by atoms with Crippen molar-refractivity contribution in [3.05, 3.63) is 47.1 Å². The van der Waals surface area contributed by atoms with Gasteiger partial charge in [0.25, 0.3) is 0 Å². The summed E-state index contributed by atoms with van der Waals surface area (Å²) >= 11 is 0. The molecule has 180 valence electrons. The Balaban J connectivity index is 1.68. The predicted octanol–water partition coefficient (Wildman–Crippen LogP) is 6.71. The lowest BCUT2D eigenvalue weighted by atomic mass is 9.62. The maximum Gasteiger partial charge on any atom is 0.155 e. The summed E-state index contributed by atoms with van der Waals surface area (Å²) in [6, 6.07) is 0. The number of rotatable bonds is 6. The fourth-order valence-electron chi connectivity index (χ4n) is 6.05. The van der Waals surface area contributed by atoms with E-state index in [-0.39, 0.29) is 17.3 Å². The summed E-state index contributed by atoms with van der Waals surface area (Å²) in [5.74, 6) is 1.25. The van der Waals surface area contributed by atoms with Gasteiger partial charge in [0.05, 0.1) is 16.6 Å². The first-order valence-electron chi connectivity index (χ1n) is 12.5. The Labute approximate surface area is 196 Å². The molecule has 2 saturated carbocycles. The molecule has 0 saturated heterocycles. The summed E-state index contributed by atoms with van der Waals surface area (Å²) in [6.45, 7) is 14.3. The molecule has 1 N–H and O–H groups in total. The van der Waals surface area contributed by atoms with Gasteiger partial charge >= 0.3 is 0 Å². The third-order valence-electron chi connectivity index (χ3n) is 8.31. The average Bonchev–Trinajstić information content (AvgIpc) is 3.05. The van der Waals surface area contributed by atoms with Crippen LogP contribution in [-0.2, 0) is 9.84 Å². The third-order valence-corrected chi connectivity index (χ3v) is 11.0. The van der Waals surface area contributed by atoms with Crippen LogP contribution < -0.4 is 0 Å². The Morgan fingerprint density at radius 1 is 1.28 bits per heavy atom. The van der Waals surface area contributed by atoms with Crippen LogP contribution in [0, 0.1) is 17.3 Å². The normalized spacial score (nSPS) is 32.8. The molecule has 0 heterocycles. The van der Waals surface area contributed by atoms with Crippen molar-refractivity contribution in [1.29, 1.82) is 0 Å². The van der Waals surface area contributed by atoms with Crippen molar-refractivity contribution in [2.75, 3.05) is 5.75 Å². The van der Waals surface area contributed by atoms with Gasteiger partial charge in [0.15, 0.2) is 9.84 Å². The first-order chi connectivity index (χ1) is 14.8. The van der Waals surface area contributed by atoms with Crippen LogP contribution in [0.25, 0.3) is 0 Å². The number of aliphatic hydroxyl groups is 1.